The quantitative estimate of drug-likeness (QED) is 0.419. The summed E-state index contributed by atoms with van der Waals surface area (Å²) in [6, 6.07) is 13.3. The highest BCUT2D eigenvalue weighted by molar-refractivity contribution is 8.03. The molecule has 29 heavy (non-hydrogen) atoms. The van der Waals surface area contributed by atoms with Crippen molar-refractivity contribution in [3.8, 4) is 5.75 Å². The molecule has 1 heterocycles. The van der Waals surface area contributed by atoms with Crippen LogP contribution in [0.2, 0.25) is 0 Å². The SMILES string of the molecule is Cc1nnc(S/C(=C\c2ccc(OCc3cccc(C(=O)O)c3)cc2)C(=O)O)o1. The minimum atomic E-state index is -1.11. The zero-order valence-electron chi connectivity index (χ0n) is 15.2. The first-order chi connectivity index (χ1) is 13.9. The highest BCUT2D eigenvalue weighted by Gasteiger charge is 2.14. The maximum absolute atomic E-state index is 11.5. The first-order valence-corrected chi connectivity index (χ1v) is 9.20. The van der Waals surface area contributed by atoms with Gasteiger partial charge in [0.25, 0.3) is 5.22 Å². The third-order valence-corrected chi connectivity index (χ3v) is 4.52. The van der Waals surface area contributed by atoms with Crippen molar-refractivity contribution >= 4 is 29.8 Å². The van der Waals surface area contributed by atoms with Gasteiger partial charge < -0.3 is 19.4 Å². The molecule has 0 spiro atoms. The van der Waals surface area contributed by atoms with Crippen molar-refractivity contribution in [2.75, 3.05) is 0 Å². The summed E-state index contributed by atoms with van der Waals surface area (Å²) in [6.45, 7) is 1.83. The number of nitrogens with zero attached hydrogens (tertiary/aromatic N) is 2. The number of aromatic carboxylic acids is 1. The Kier molecular flexibility index (Phi) is 6.30. The van der Waals surface area contributed by atoms with Crippen LogP contribution in [0.3, 0.4) is 0 Å². The van der Waals surface area contributed by atoms with Crippen LogP contribution < -0.4 is 4.74 Å². The maximum atomic E-state index is 11.5. The molecule has 0 saturated heterocycles. The lowest BCUT2D eigenvalue weighted by Crippen LogP contribution is -2.00. The van der Waals surface area contributed by atoms with E-state index in [9.17, 15) is 14.7 Å². The molecule has 2 aromatic carbocycles. The maximum Gasteiger partial charge on any atom is 0.342 e. The number of aromatic nitrogens is 2. The largest absolute Gasteiger partial charge is 0.489 e. The number of aryl methyl sites for hydroxylation is 1. The fraction of sp³-hybridized carbons (Fsp3) is 0.100. The van der Waals surface area contributed by atoms with Crippen LogP contribution in [-0.2, 0) is 11.4 Å². The molecule has 9 heteroatoms. The lowest BCUT2D eigenvalue weighted by Gasteiger charge is -2.07. The van der Waals surface area contributed by atoms with E-state index in [4.69, 9.17) is 14.3 Å². The molecule has 2 N–H and O–H groups in total. The lowest BCUT2D eigenvalue weighted by atomic mass is 10.1. The number of thioether (sulfide) groups is 1. The van der Waals surface area contributed by atoms with E-state index in [-0.39, 0.29) is 22.3 Å². The minimum Gasteiger partial charge on any atom is -0.489 e. The highest BCUT2D eigenvalue weighted by Crippen LogP contribution is 2.28. The topological polar surface area (TPSA) is 123 Å². The van der Waals surface area contributed by atoms with Gasteiger partial charge in [0.15, 0.2) is 0 Å². The highest BCUT2D eigenvalue weighted by atomic mass is 32.2. The van der Waals surface area contributed by atoms with Crippen molar-refractivity contribution in [2.45, 2.75) is 18.8 Å². The normalized spacial score (nSPS) is 11.3. The molecule has 0 saturated carbocycles. The summed E-state index contributed by atoms with van der Waals surface area (Å²) in [7, 11) is 0. The molecule has 0 aliphatic heterocycles. The van der Waals surface area contributed by atoms with Crippen LogP contribution in [0.4, 0.5) is 0 Å². The molecule has 0 unspecified atom stereocenters. The number of benzene rings is 2. The fourth-order valence-electron chi connectivity index (χ4n) is 2.32. The average Bonchev–Trinajstić information content (AvgIpc) is 3.12. The van der Waals surface area contributed by atoms with Crippen molar-refractivity contribution < 1.29 is 29.0 Å². The monoisotopic (exact) mass is 412 g/mol. The van der Waals surface area contributed by atoms with Gasteiger partial charge >= 0.3 is 11.9 Å². The first kappa shape index (κ1) is 20.2. The second-order valence-corrected chi connectivity index (χ2v) is 6.86. The second-order valence-electron chi connectivity index (χ2n) is 5.87. The number of carbonyl (C=O) groups is 2. The van der Waals surface area contributed by atoms with Crippen LogP contribution in [0.25, 0.3) is 6.08 Å². The van der Waals surface area contributed by atoms with Gasteiger partial charge in [0.05, 0.1) is 5.56 Å². The van der Waals surface area contributed by atoms with Gasteiger partial charge in [0.1, 0.15) is 17.3 Å². The Labute approximate surface area is 169 Å². The van der Waals surface area contributed by atoms with E-state index in [1.54, 1.807) is 49.4 Å². The van der Waals surface area contributed by atoms with Gasteiger partial charge in [0.2, 0.25) is 5.89 Å². The molecule has 0 aliphatic carbocycles. The van der Waals surface area contributed by atoms with Gasteiger partial charge in [-0.15, -0.1) is 10.2 Å². The number of carboxylic acid groups (broad SMARTS) is 2. The van der Waals surface area contributed by atoms with Crippen LogP contribution in [-0.4, -0.2) is 32.3 Å². The molecule has 0 atom stereocenters. The van der Waals surface area contributed by atoms with Gasteiger partial charge in [-0.25, -0.2) is 9.59 Å². The van der Waals surface area contributed by atoms with E-state index in [1.807, 2.05) is 0 Å². The van der Waals surface area contributed by atoms with Gasteiger partial charge in [-0.05, 0) is 53.2 Å². The summed E-state index contributed by atoms with van der Waals surface area (Å²) in [6.07, 6.45) is 1.49. The van der Waals surface area contributed by atoms with Gasteiger partial charge in [0, 0.05) is 6.92 Å². The number of ether oxygens (including phenoxy) is 1. The van der Waals surface area contributed by atoms with E-state index < -0.39 is 11.9 Å². The molecule has 1 aromatic heterocycles. The Morgan fingerprint density at radius 2 is 1.90 bits per heavy atom. The molecule has 0 bridgehead atoms. The number of hydrogen-bond acceptors (Lipinski definition) is 7. The van der Waals surface area contributed by atoms with Crippen LogP contribution in [0.5, 0.6) is 5.75 Å². The molecule has 3 rings (SSSR count). The molecule has 0 amide bonds. The van der Waals surface area contributed by atoms with Crippen molar-refractivity contribution in [3.63, 3.8) is 0 Å². The smallest absolute Gasteiger partial charge is 0.342 e. The Morgan fingerprint density at radius 1 is 1.14 bits per heavy atom. The third-order valence-electron chi connectivity index (χ3n) is 3.67. The summed E-state index contributed by atoms with van der Waals surface area (Å²) < 4.78 is 10.9. The van der Waals surface area contributed by atoms with E-state index in [1.165, 1.54) is 12.1 Å². The molecular weight excluding hydrogens is 396 g/mol. The van der Waals surface area contributed by atoms with Gasteiger partial charge in [-0.1, -0.05) is 24.3 Å². The van der Waals surface area contributed by atoms with E-state index >= 15 is 0 Å². The molecule has 148 valence electrons. The van der Waals surface area contributed by atoms with Crippen molar-refractivity contribution in [2.24, 2.45) is 0 Å². The van der Waals surface area contributed by atoms with Gasteiger partial charge in [-0.3, -0.25) is 0 Å². The van der Waals surface area contributed by atoms with Crippen molar-refractivity contribution in [1.29, 1.82) is 0 Å². The average molecular weight is 412 g/mol. The van der Waals surface area contributed by atoms with Crippen LogP contribution in [0.1, 0.15) is 27.4 Å². The summed E-state index contributed by atoms with van der Waals surface area (Å²) in [5, 5.41) is 26.0. The van der Waals surface area contributed by atoms with Crippen molar-refractivity contribution in [3.05, 3.63) is 76.0 Å². The summed E-state index contributed by atoms with van der Waals surface area (Å²) in [5.74, 6) is -1.18. The molecule has 0 aliphatic rings. The Hall–Kier alpha value is -3.59. The number of rotatable bonds is 8. The zero-order chi connectivity index (χ0) is 20.8. The zero-order valence-corrected chi connectivity index (χ0v) is 16.0. The predicted molar refractivity (Wildman–Crippen MR) is 105 cm³/mol. The summed E-state index contributed by atoms with van der Waals surface area (Å²) >= 11 is 0.870. The molecular formula is C20H16N2O6S. The number of hydrogen-bond donors (Lipinski definition) is 2. The van der Waals surface area contributed by atoms with E-state index in [0.29, 0.717) is 17.2 Å². The number of carboxylic acids is 2. The Morgan fingerprint density at radius 3 is 2.52 bits per heavy atom. The standard InChI is InChI=1S/C20H16N2O6S/c1-12-21-22-20(28-12)29-17(19(25)26)10-13-5-7-16(8-6-13)27-11-14-3-2-4-15(9-14)18(23)24/h2-10H,11H2,1H3,(H,23,24)(H,25,26)/b17-10-. The van der Waals surface area contributed by atoms with E-state index in [0.717, 1.165) is 17.3 Å². The van der Waals surface area contributed by atoms with E-state index in [2.05, 4.69) is 10.2 Å². The Bertz CT molecular complexity index is 1060. The molecule has 0 fully saturated rings. The predicted octanol–water partition coefficient (Wildman–Crippen LogP) is 3.87. The lowest BCUT2D eigenvalue weighted by molar-refractivity contribution is -0.131. The number of aliphatic carboxylic acids is 1. The third kappa shape index (κ3) is 5.69. The van der Waals surface area contributed by atoms with Crippen LogP contribution in [0, 0.1) is 6.92 Å². The first-order valence-electron chi connectivity index (χ1n) is 8.39. The van der Waals surface area contributed by atoms with Crippen LogP contribution >= 0.6 is 11.8 Å². The second kappa shape index (κ2) is 9.07. The fourth-order valence-corrected chi connectivity index (χ4v) is 3.04. The van der Waals surface area contributed by atoms with Crippen molar-refractivity contribution in [1.82, 2.24) is 10.2 Å². The summed E-state index contributed by atoms with van der Waals surface area (Å²) in [5.41, 5.74) is 1.58. The molecule has 0 radical (unpaired) electrons. The van der Waals surface area contributed by atoms with Crippen LogP contribution in [0.15, 0.2) is 63.1 Å². The molecule has 3 aromatic rings. The summed E-state index contributed by atoms with van der Waals surface area (Å²) in [4.78, 5) is 22.5. The molecule has 8 nitrogen and oxygen atoms in total. The minimum absolute atomic E-state index is 0.0350. The Balaban J connectivity index is 1.67. The van der Waals surface area contributed by atoms with Gasteiger partial charge in [-0.2, -0.15) is 0 Å².